The fraction of sp³-hybridized carbons (Fsp3) is 0.174. The number of hydrogen-bond donors (Lipinski definition) is 1. The summed E-state index contributed by atoms with van der Waals surface area (Å²) >= 11 is 3.00. The predicted molar refractivity (Wildman–Crippen MR) is 120 cm³/mol. The molecule has 0 aromatic heterocycles. The van der Waals surface area contributed by atoms with Crippen LogP contribution in [0, 0.1) is 0 Å². The van der Waals surface area contributed by atoms with Gasteiger partial charge < -0.3 is 5.11 Å². The molecule has 0 aliphatic carbocycles. The van der Waals surface area contributed by atoms with E-state index in [1.54, 1.807) is 0 Å². The van der Waals surface area contributed by atoms with Crippen molar-refractivity contribution in [3.8, 4) is 0 Å². The Morgan fingerprint density at radius 2 is 1.15 bits per heavy atom. The number of alkyl halides is 1. The third kappa shape index (κ3) is 6.93. The maximum atomic E-state index is 10.0. The van der Waals surface area contributed by atoms with E-state index in [1.165, 1.54) is 15.9 Å². The monoisotopic (exact) mass is 442 g/mol. The maximum Gasteiger partial charge on any atom is 0.317 e. The van der Waals surface area contributed by atoms with Crippen molar-refractivity contribution in [2.75, 3.05) is 0 Å². The van der Waals surface area contributed by atoms with Crippen molar-refractivity contribution >= 4 is 45.7 Å². The first-order valence-corrected chi connectivity index (χ1v) is 11.2. The molecule has 1 atom stereocenters. The fourth-order valence-corrected chi connectivity index (χ4v) is 5.32. The summed E-state index contributed by atoms with van der Waals surface area (Å²) in [5.41, 5.74) is 0. The largest absolute Gasteiger partial charge is 0.480 e. The van der Waals surface area contributed by atoms with Crippen molar-refractivity contribution in [3.05, 3.63) is 91.0 Å². The molecule has 0 radical (unpaired) electrons. The molecule has 140 valence electrons. The van der Waals surface area contributed by atoms with Gasteiger partial charge in [-0.2, -0.15) is 0 Å². The lowest BCUT2D eigenvalue weighted by atomic mass is 10.2. The van der Waals surface area contributed by atoms with E-state index in [1.807, 2.05) is 6.92 Å². The second kappa shape index (κ2) is 11.7. The first-order chi connectivity index (χ1) is 13.1. The van der Waals surface area contributed by atoms with E-state index < -0.39 is 13.9 Å². The average Bonchev–Trinajstić information content (AvgIpc) is 2.71. The highest BCUT2D eigenvalue weighted by Crippen LogP contribution is 2.32. The molecule has 0 heterocycles. The lowest BCUT2D eigenvalue weighted by molar-refractivity contribution is -0.136. The van der Waals surface area contributed by atoms with Gasteiger partial charge in [0.05, 0.1) is 0 Å². The molecule has 2 nitrogen and oxygen atoms in total. The van der Waals surface area contributed by atoms with Crippen LogP contribution in [-0.4, -0.2) is 15.9 Å². The van der Waals surface area contributed by atoms with Crippen LogP contribution in [0.3, 0.4) is 0 Å². The molecule has 0 fully saturated rings. The van der Waals surface area contributed by atoms with E-state index in [0.29, 0.717) is 6.42 Å². The van der Waals surface area contributed by atoms with Gasteiger partial charge in [0.15, 0.2) is 0 Å². The molecule has 0 saturated heterocycles. The molecule has 0 saturated carbocycles. The van der Waals surface area contributed by atoms with Gasteiger partial charge in [-0.15, -0.1) is 0 Å². The zero-order valence-corrected chi connectivity index (χ0v) is 17.8. The predicted octanol–water partition coefficient (Wildman–Crippen LogP) is 5.08. The minimum atomic E-state index is -0.771. The first-order valence-electron chi connectivity index (χ1n) is 8.95. The standard InChI is InChI=1S/C18H15P.C5H9BrO2/c1-4-10-16(11-5-1)19(17-12-6-2-7-13-17)18-14-8-3-9-15-18;1-2-3-4(6)5(7)8/h1-15H;4H,2-3H2,1H3,(H,7,8). The number of rotatable bonds is 6. The molecular formula is C23H24BrO2P. The molecule has 0 amide bonds. The van der Waals surface area contributed by atoms with Crippen molar-refractivity contribution in [2.45, 2.75) is 24.6 Å². The Balaban J connectivity index is 0.000000279. The molecule has 0 spiro atoms. The van der Waals surface area contributed by atoms with Crippen LogP contribution in [0.15, 0.2) is 91.0 Å². The number of hydrogen-bond acceptors (Lipinski definition) is 1. The van der Waals surface area contributed by atoms with Crippen LogP contribution in [0.25, 0.3) is 0 Å². The zero-order chi connectivity index (χ0) is 19.5. The van der Waals surface area contributed by atoms with E-state index in [4.69, 9.17) is 5.11 Å². The molecule has 3 rings (SSSR count). The van der Waals surface area contributed by atoms with Gasteiger partial charge in [0.2, 0.25) is 0 Å². The average molecular weight is 443 g/mol. The molecular weight excluding hydrogens is 419 g/mol. The van der Waals surface area contributed by atoms with Crippen molar-refractivity contribution in [1.29, 1.82) is 0 Å². The fourth-order valence-electron chi connectivity index (χ4n) is 2.56. The van der Waals surface area contributed by atoms with Crippen molar-refractivity contribution in [2.24, 2.45) is 0 Å². The van der Waals surface area contributed by atoms with Crippen LogP contribution in [0.2, 0.25) is 0 Å². The molecule has 27 heavy (non-hydrogen) atoms. The van der Waals surface area contributed by atoms with Crippen molar-refractivity contribution < 1.29 is 9.90 Å². The highest BCUT2D eigenvalue weighted by Gasteiger charge is 2.15. The highest BCUT2D eigenvalue weighted by molar-refractivity contribution is 9.10. The van der Waals surface area contributed by atoms with Gasteiger partial charge >= 0.3 is 5.97 Å². The van der Waals surface area contributed by atoms with E-state index in [-0.39, 0.29) is 4.83 Å². The van der Waals surface area contributed by atoms with Gasteiger partial charge in [-0.1, -0.05) is 120 Å². The maximum absolute atomic E-state index is 10.0. The van der Waals surface area contributed by atoms with Crippen LogP contribution in [-0.2, 0) is 4.79 Å². The Morgan fingerprint density at radius 3 is 1.37 bits per heavy atom. The summed E-state index contributed by atoms with van der Waals surface area (Å²) in [6.07, 6.45) is 1.61. The minimum Gasteiger partial charge on any atom is -0.480 e. The Hall–Kier alpha value is -1.96. The quantitative estimate of drug-likeness (QED) is 0.426. The number of halogens is 1. The second-order valence-corrected chi connectivity index (χ2v) is 9.26. The Morgan fingerprint density at radius 1 is 0.815 bits per heavy atom. The molecule has 4 heteroatoms. The van der Waals surface area contributed by atoms with Gasteiger partial charge in [0.1, 0.15) is 4.83 Å². The van der Waals surface area contributed by atoms with Gasteiger partial charge in [0.25, 0.3) is 0 Å². The molecule has 3 aromatic carbocycles. The third-order valence-electron chi connectivity index (χ3n) is 3.85. The smallest absolute Gasteiger partial charge is 0.317 e. The highest BCUT2D eigenvalue weighted by atomic mass is 79.9. The Labute approximate surface area is 171 Å². The molecule has 0 bridgehead atoms. The summed E-state index contributed by atoms with van der Waals surface area (Å²) in [4.78, 5) is 9.69. The van der Waals surface area contributed by atoms with E-state index in [0.717, 1.165) is 6.42 Å². The lowest BCUT2D eigenvalue weighted by Gasteiger charge is -2.18. The van der Waals surface area contributed by atoms with Gasteiger partial charge in [-0.05, 0) is 30.3 Å². The van der Waals surface area contributed by atoms with E-state index in [9.17, 15) is 4.79 Å². The third-order valence-corrected chi connectivity index (χ3v) is 7.15. The van der Waals surface area contributed by atoms with Gasteiger partial charge in [-0.25, -0.2) is 0 Å². The van der Waals surface area contributed by atoms with Crippen LogP contribution in [0.5, 0.6) is 0 Å². The summed E-state index contributed by atoms with van der Waals surface area (Å²) in [6, 6.07) is 32.3. The first kappa shape index (κ1) is 21.3. The van der Waals surface area contributed by atoms with Gasteiger partial charge in [-0.3, -0.25) is 4.79 Å². The minimum absolute atomic E-state index is 0.354. The number of carbonyl (C=O) groups is 1. The summed E-state index contributed by atoms with van der Waals surface area (Å²) in [5, 5.41) is 12.5. The van der Waals surface area contributed by atoms with Crippen LogP contribution >= 0.6 is 23.9 Å². The van der Waals surface area contributed by atoms with Crippen molar-refractivity contribution in [3.63, 3.8) is 0 Å². The van der Waals surface area contributed by atoms with E-state index in [2.05, 4.69) is 107 Å². The Kier molecular flexibility index (Phi) is 9.24. The van der Waals surface area contributed by atoms with Crippen molar-refractivity contribution in [1.82, 2.24) is 0 Å². The number of carboxylic acids is 1. The van der Waals surface area contributed by atoms with Crippen LogP contribution in [0.4, 0.5) is 0 Å². The summed E-state index contributed by atoms with van der Waals surface area (Å²) in [5.74, 6) is -0.771. The van der Waals surface area contributed by atoms with Gasteiger partial charge in [0, 0.05) is 0 Å². The Bertz CT molecular complexity index is 700. The molecule has 3 aromatic rings. The zero-order valence-electron chi connectivity index (χ0n) is 15.3. The van der Waals surface area contributed by atoms with E-state index >= 15 is 0 Å². The number of carboxylic acid groups (broad SMARTS) is 1. The molecule has 1 unspecified atom stereocenters. The molecule has 1 N–H and O–H groups in total. The summed E-state index contributed by atoms with van der Waals surface area (Å²) in [6.45, 7) is 1.96. The number of benzene rings is 3. The lowest BCUT2D eigenvalue weighted by Crippen LogP contribution is -2.20. The van der Waals surface area contributed by atoms with Crippen LogP contribution in [0.1, 0.15) is 19.8 Å². The molecule has 0 aliphatic heterocycles. The topological polar surface area (TPSA) is 37.3 Å². The summed E-state index contributed by atoms with van der Waals surface area (Å²) in [7, 11) is -0.446. The number of aliphatic carboxylic acids is 1. The second-order valence-electron chi connectivity index (χ2n) is 5.94. The van der Waals surface area contributed by atoms with Crippen LogP contribution < -0.4 is 15.9 Å². The SMILES string of the molecule is CCCC(Br)C(=O)O.c1ccc(P(c2ccccc2)c2ccccc2)cc1. The molecule has 0 aliphatic rings. The normalized spacial score (nSPS) is 11.4. The summed E-state index contributed by atoms with van der Waals surface area (Å²) < 4.78 is 0.